The molecule has 0 saturated heterocycles. The second kappa shape index (κ2) is 7.83. The van der Waals surface area contributed by atoms with Gasteiger partial charge in [0.2, 0.25) is 0 Å². The molecule has 0 heterocycles. The van der Waals surface area contributed by atoms with Gasteiger partial charge in [-0.2, -0.15) is 16.8 Å². The maximum Gasteiger partial charge on any atom is 0.276 e. The molecule has 0 spiro atoms. The average molecular weight is 316 g/mol. The second-order valence-corrected chi connectivity index (χ2v) is 7.33. The van der Waals surface area contributed by atoms with Gasteiger partial charge in [-0.25, -0.2) is 0 Å². The highest BCUT2D eigenvalue weighted by Gasteiger charge is 2.32. The van der Waals surface area contributed by atoms with Crippen LogP contribution in [0.5, 0.6) is 0 Å². The molecule has 0 saturated carbocycles. The third-order valence-electron chi connectivity index (χ3n) is 2.46. The van der Waals surface area contributed by atoms with Gasteiger partial charge in [-0.1, -0.05) is 26.2 Å². The molecule has 0 aromatic rings. The molecule has 0 aliphatic rings. The van der Waals surface area contributed by atoms with Crippen LogP contribution in [-0.2, 0) is 20.2 Å². The lowest BCUT2D eigenvalue weighted by atomic mass is 10.1. The first-order valence-electron chi connectivity index (χ1n) is 5.88. The number of allylic oxidation sites excluding steroid dienone is 1. The summed E-state index contributed by atoms with van der Waals surface area (Å²) < 4.78 is 60.7. The van der Waals surface area contributed by atoms with Crippen molar-refractivity contribution in [3.63, 3.8) is 0 Å². The number of aliphatic hydroxyl groups is 1. The fourth-order valence-electron chi connectivity index (χ4n) is 1.47. The zero-order valence-corrected chi connectivity index (χ0v) is 12.3. The minimum atomic E-state index is -4.80. The lowest BCUT2D eigenvalue weighted by Gasteiger charge is -2.11. The summed E-state index contributed by atoms with van der Waals surface area (Å²) in [6.45, 7) is 2.02. The third kappa shape index (κ3) is 8.98. The van der Waals surface area contributed by atoms with E-state index in [4.69, 9.17) is 9.11 Å². The van der Waals surface area contributed by atoms with Crippen molar-refractivity contribution in [1.82, 2.24) is 0 Å². The molecule has 7 nitrogen and oxygen atoms in total. The molecule has 0 bridgehead atoms. The van der Waals surface area contributed by atoms with Crippen molar-refractivity contribution in [3.8, 4) is 0 Å². The van der Waals surface area contributed by atoms with Gasteiger partial charge in [-0.15, -0.1) is 0 Å². The Hall–Kier alpha value is -0.640. The van der Waals surface area contributed by atoms with E-state index in [1.807, 2.05) is 6.92 Å². The topological polar surface area (TPSA) is 129 Å². The van der Waals surface area contributed by atoms with Crippen LogP contribution in [-0.4, -0.2) is 42.1 Å². The summed E-state index contributed by atoms with van der Waals surface area (Å²) in [6, 6.07) is 0. The van der Waals surface area contributed by atoms with E-state index >= 15 is 0 Å². The lowest BCUT2D eigenvalue weighted by molar-refractivity contribution is 0.375. The molecule has 0 aromatic heterocycles. The number of hydrogen-bond acceptors (Lipinski definition) is 5. The number of aliphatic hydroxyl groups excluding tert-OH is 1. The van der Waals surface area contributed by atoms with Gasteiger partial charge in [-0.3, -0.25) is 9.11 Å². The van der Waals surface area contributed by atoms with Crippen LogP contribution >= 0.6 is 0 Å². The van der Waals surface area contributed by atoms with E-state index in [0.717, 1.165) is 25.3 Å². The van der Waals surface area contributed by atoms with Crippen LogP contribution in [0.4, 0.5) is 0 Å². The summed E-state index contributed by atoms with van der Waals surface area (Å²) in [5.41, 5.74) is 0. The van der Waals surface area contributed by atoms with Gasteiger partial charge in [-0.05, 0) is 18.9 Å². The second-order valence-electron chi connectivity index (χ2n) is 4.23. The van der Waals surface area contributed by atoms with Crippen molar-refractivity contribution in [1.29, 1.82) is 0 Å². The SMILES string of the molecule is CCCCCC/C=C(\O)C(CS(=O)(=O)O)S(=O)(=O)O. The fraction of sp³-hybridized carbons (Fsp3) is 0.800. The van der Waals surface area contributed by atoms with Gasteiger partial charge in [0.05, 0.1) is 0 Å². The molecule has 0 rings (SSSR count). The Morgan fingerprint density at radius 3 is 2.11 bits per heavy atom. The van der Waals surface area contributed by atoms with Crippen LogP contribution in [0.2, 0.25) is 0 Å². The molecule has 1 unspecified atom stereocenters. The standard InChI is InChI=1S/C10H20O7S2/c1-2-3-4-5-6-7-9(11)10(19(15,16)17)8-18(12,13)14/h7,10-11H,2-6,8H2,1H3,(H,12,13,14)(H,15,16,17)/b9-7-. The molecule has 0 amide bonds. The maximum atomic E-state index is 11.0. The maximum absolute atomic E-state index is 11.0. The van der Waals surface area contributed by atoms with Gasteiger partial charge >= 0.3 is 0 Å². The van der Waals surface area contributed by atoms with Crippen LogP contribution < -0.4 is 0 Å². The van der Waals surface area contributed by atoms with E-state index in [9.17, 15) is 21.9 Å². The number of unbranched alkanes of at least 4 members (excludes halogenated alkanes) is 4. The molecule has 0 aromatic carbocycles. The highest BCUT2D eigenvalue weighted by Crippen LogP contribution is 2.13. The minimum Gasteiger partial charge on any atom is -0.511 e. The van der Waals surface area contributed by atoms with Crippen molar-refractivity contribution in [2.24, 2.45) is 0 Å². The van der Waals surface area contributed by atoms with Crippen LogP contribution in [0.15, 0.2) is 11.8 Å². The minimum absolute atomic E-state index is 0.364. The fourth-order valence-corrected chi connectivity index (χ4v) is 3.63. The average Bonchev–Trinajstić information content (AvgIpc) is 2.22. The molecule has 114 valence electrons. The number of hydrogen-bond donors (Lipinski definition) is 3. The Morgan fingerprint density at radius 1 is 1.11 bits per heavy atom. The van der Waals surface area contributed by atoms with E-state index in [1.54, 1.807) is 0 Å². The van der Waals surface area contributed by atoms with Gasteiger partial charge in [0, 0.05) is 0 Å². The molecule has 0 radical (unpaired) electrons. The van der Waals surface area contributed by atoms with Crippen LogP contribution in [0, 0.1) is 0 Å². The highest BCUT2D eigenvalue weighted by atomic mass is 32.2. The monoisotopic (exact) mass is 316 g/mol. The first-order chi connectivity index (χ1) is 8.58. The summed E-state index contributed by atoms with van der Waals surface area (Å²) >= 11 is 0. The highest BCUT2D eigenvalue weighted by molar-refractivity contribution is 7.90. The smallest absolute Gasteiger partial charge is 0.276 e. The Bertz CT molecular complexity index is 490. The van der Waals surface area contributed by atoms with Crippen molar-refractivity contribution in [2.75, 3.05) is 5.75 Å². The molecule has 1 atom stereocenters. The van der Waals surface area contributed by atoms with Crippen LogP contribution in [0.3, 0.4) is 0 Å². The van der Waals surface area contributed by atoms with E-state index < -0.39 is 37.0 Å². The molecule has 0 aliphatic heterocycles. The van der Waals surface area contributed by atoms with E-state index in [2.05, 4.69) is 0 Å². The summed E-state index contributed by atoms with van der Waals surface area (Å²) in [7, 11) is -9.43. The number of rotatable bonds is 9. The first kappa shape index (κ1) is 18.4. The largest absolute Gasteiger partial charge is 0.511 e. The zero-order valence-electron chi connectivity index (χ0n) is 10.7. The lowest BCUT2D eigenvalue weighted by Crippen LogP contribution is -2.31. The quantitative estimate of drug-likeness (QED) is 0.334. The molecular weight excluding hydrogens is 296 g/mol. The van der Waals surface area contributed by atoms with E-state index in [0.29, 0.717) is 12.8 Å². The predicted molar refractivity (Wildman–Crippen MR) is 71.2 cm³/mol. The molecule has 3 N–H and O–H groups in total. The summed E-state index contributed by atoms with van der Waals surface area (Å²) in [5, 5.41) is 7.46. The molecule has 19 heavy (non-hydrogen) atoms. The Morgan fingerprint density at radius 2 is 1.68 bits per heavy atom. The van der Waals surface area contributed by atoms with Crippen molar-refractivity contribution in [3.05, 3.63) is 11.8 Å². The van der Waals surface area contributed by atoms with Gasteiger partial charge in [0.15, 0.2) is 5.25 Å². The molecule has 0 fully saturated rings. The summed E-state index contributed by atoms with van der Waals surface area (Å²) in [4.78, 5) is 0. The zero-order chi connectivity index (χ0) is 15.1. The van der Waals surface area contributed by atoms with Crippen molar-refractivity contribution in [2.45, 2.75) is 44.3 Å². The Labute approximate surface area is 113 Å². The van der Waals surface area contributed by atoms with Crippen molar-refractivity contribution < 1.29 is 31.0 Å². The van der Waals surface area contributed by atoms with Gasteiger partial charge < -0.3 is 5.11 Å². The Balaban J connectivity index is 4.74. The molecule has 0 aliphatic carbocycles. The normalized spacial score (nSPS) is 15.4. The van der Waals surface area contributed by atoms with Gasteiger partial charge in [0.1, 0.15) is 11.5 Å². The molecular formula is C10H20O7S2. The van der Waals surface area contributed by atoms with E-state index in [-0.39, 0.29) is 0 Å². The van der Waals surface area contributed by atoms with Gasteiger partial charge in [0.25, 0.3) is 20.2 Å². The third-order valence-corrected chi connectivity index (χ3v) is 4.56. The van der Waals surface area contributed by atoms with E-state index in [1.165, 1.54) is 0 Å². The molecule has 9 heteroatoms. The predicted octanol–water partition coefficient (Wildman–Crippen LogP) is 1.54. The van der Waals surface area contributed by atoms with Crippen LogP contribution in [0.1, 0.15) is 39.0 Å². The Kier molecular flexibility index (Phi) is 7.57. The summed E-state index contributed by atoms with van der Waals surface area (Å²) in [5.74, 6) is -2.04. The van der Waals surface area contributed by atoms with Crippen molar-refractivity contribution >= 4 is 20.2 Å². The summed E-state index contributed by atoms with van der Waals surface area (Å²) in [6.07, 6.45) is 5.15. The van der Waals surface area contributed by atoms with Crippen LogP contribution in [0.25, 0.3) is 0 Å². The first-order valence-corrected chi connectivity index (χ1v) is 8.99.